The second-order valence-corrected chi connectivity index (χ2v) is 20.7. The molecule has 0 unspecified atom stereocenters. The van der Waals surface area contributed by atoms with Crippen LogP contribution in [0.5, 0.6) is 0 Å². The van der Waals surface area contributed by atoms with Gasteiger partial charge < -0.3 is 53.2 Å². The van der Waals surface area contributed by atoms with Crippen LogP contribution in [0, 0.1) is 47.3 Å². The van der Waals surface area contributed by atoms with E-state index in [-0.39, 0.29) is 78.2 Å². The summed E-state index contributed by atoms with van der Waals surface area (Å²) < 4.78 is 54.1. The predicted molar refractivity (Wildman–Crippen MR) is 222 cm³/mol. The van der Waals surface area contributed by atoms with Crippen molar-refractivity contribution in [2.45, 2.75) is 219 Å². The van der Waals surface area contributed by atoms with Crippen LogP contribution in [-0.4, -0.2) is 112 Å². The third-order valence-electron chi connectivity index (χ3n) is 15.8. The van der Waals surface area contributed by atoms with Crippen molar-refractivity contribution in [1.29, 1.82) is 0 Å². The number of Topliss-reactive ketones (excluding diaryl/α,β-unsaturated/α-hetero) is 1. The van der Waals surface area contributed by atoms with Crippen LogP contribution in [-0.2, 0) is 47.5 Å². The van der Waals surface area contributed by atoms with Crippen molar-refractivity contribution in [3.05, 3.63) is 11.6 Å². The molecule has 6 aliphatic heterocycles. The molecule has 0 aliphatic carbocycles. The van der Waals surface area contributed by atoms with Crippen molar-refractivity contribution in [3.8, 4) is 0 Å². The summed E-state index contributed by atoms with van der Waals surface area (Å²) >= 11 is 0. The quantitative estimate of drug-likeness (QED) is 0.169. The normalized spacial score (nSPS) is 49.2. The molecule has 0 aromatic heterocycles. The van der Waals surface area contributed by atoms with Gasteiger partial charge in [-0.05, 0) is 71.3 Å². The summed E-state index contributed by atoms with van der Waals surface area (Å²) in [6.07, 6.45) is 4.09. The van der Waals surface area contributed by atoms with Crippen molar-refractivity contribution in [1.82, 2.24) is 0 Å². The number of methoxy groups -OCH3 is 1. The summed E-state index contributed by atoms with van der Waals surface area (Å²) in [4.78, 5) is 24.8. The van der Waals surface area contributed by atoms with E-state index in [2.05, 4.69) is 27.7 Å². The fourth-order valence-electron chi connectivity index (χ4n) is 11.6. The first-order valence-electron chi connectivity index (χ1n) is 23.1. The number of hydrogen-bond acceptors (Lipinski definition) is 12. The highest BCUT2D eigenvalue weighted by Gasteiger charge is 2.65. The van der Waals surface area contributed by atoms with E-state index < -0.39 is 65.4 Å². The van der Waals surface area contributed by atoms with Crippen LogP contribution in [0.3, 0.4) is 0 Å². The van der Waals surface area contributed by atoms with Gasteiger partial charge in [0, 0.05) is 68.3 Å². The number of allylic oxidation sites excluding steroid dienone is 1. The summed E-state index contributed by atoms with van der Waals surface area (Å²) in [6.45, 7) is 23.5. The number of ether oxygens (including phenoxy) is 8. The first-order valence-corrected chi connectivity index (χ1v) is 23.1. The molecule has 6 saturated heterocycles. The molecule has 13 heteroatoms. The number of carbonyl (C=O) groups excluding carboxylic acids is 1. The van der Waals surface area contributed by atoms with Crippen LogP contribution >= 0.6 is 0 Å². The molecule has 60 heavy (non-hydrogen) atoms. The monoisotopic (exact) mass is 851 g/mol. The average Bonchev–Trinajstić information content (AvgIpc) is 3.68. The molecule has 0 radical (unpaired) electrons. The molecule has 2 spiro atoms. The second kappa shape index (κ2) is 18.2. The van der Waals surface area contributed by atoms with E-state index in [0.29, 0.717) is 44.1 Å². The number of aliphatic carboxylic acids is 1. The molecule has 0 aromatic rings. The van der Waals surface area contributed by atoms with Crippen LogP contribution in [0.15, 0.2) is 11.6 Å². The van der Waals surface area contributed by atoms with Crippen molar-refractivity contribution in [2.24, 2.45) is 47.3 Å². The molecule has 21 atom stereocenters. The summed E-state index contributed by atoms with van der Waals surface area (Å²) in [7, 11) is 1.72. The topological polar surface area (TPSA) is 169 Å². The van der Waals surface area contributed by atoms with E-state index in [1.54, 1.807) is 34.8 Å². The van der Waals surface area contributed by atoms with E-state index in [1.165, 1.54) is 0 Å². The number of carboxylic acids is 1. The number of carbonyl (C=O) groups is 2. The zero-order chi connectivity index (χ0) is 44.3. The van der Waals surface area contributed by atoms with Gasteiger partial charge in [0.25, 0.3) is 0 Å². The van der Waals surface area contributed by atoms with Crippen LogP contribution in [0.2, 0.25) is 0 Å². The van der Waals surface area contributed by atoms with Crippen LogP contribution in [0.4, 0.5) is 0 Å². The molecule has 0 bridgehead atoms. The number of hydrogen-bond donors (Lipinski definition) is 3. The lowest BCUT2D eigenvalue weighted by molar-refractivity contribution is -0.389. The van der Waals surface area contributed by atoms with Gasteiger partial charge in [0.15, 0.2) is 29.4 Å². The Morgan fingerprint density at radius 3 is 2.23 bits per heavy atom. The minimum absolute atomic E-state index is 0.00518. The first kappa shape index (κ1) is 47.9. The van der Waals surface area contributed by atoms with Crippen LogP contribution in [0.25, 0.3) is 0 Å². The number of rotatable bonds is 12. The number of aliphatic hydroxyl groups excluding tert-OH is 1. The van der Waals surface area contributed by atoms with Gasteiger partial charge in [0.1, 0.15) is 0 Å². The van der Waals surface area contributed by atoms with E-state index in [9.17, 15) is 24.9 Å². The van der Waals surface area contributed by atoms with E-state index >= 15 is 0 Å². The van der Waals surface area contributed by atoms with Gasteiger partial charge in [0.05, 0.1) is 60.4 Å². The highest BCUT2D eigenvalue weighted by molar-refractivity contribution is 5.96. The predicted octanol–water partition coefficient (Wildman–Crippen LogP) is 7.18. The standard InChI is InChI=1S/C47H78O13/c1-24(40(49)25(2)19-28(5)43(50)51)18-26(3)41-31(8)34(48)23-46(59-41)17-16-44(11,60-46)38-22-36(55-39-15-14-35(53-13)33(10)54-39)32(9)47(57-38)30(7)21-37(56-47)42-27(4)20-29(6)45(12,52)58-42/h18,25-39,41-42,48,52H,14-17,19-23H2,1-13H3,(H,50,51)/b24-18+/t25-,26+,27+,28+,29-,30+,31-,32+,33-,34-,35+,36+,37-,38-,39+,41+,42+,44+,45-,46-,47-/m0/s1. The molecule has 6 fully saturated rings. The van der Waals surface area contributed by atoms with E-state index in [1.807, 2.05) is 33.8 Å². The van der Waals surface area contributed by atoms with Crippen molar-refractivity contribution in [3.63, 3.8) is 0 Å². The molecule has 3 N–H and O–H groups in total. The molecule has 13 nitrogen and oxygen atoms in total. The van der Waals surface area contributed by atoms with E-state index in [4.69, 9.17) is 37.9 Å². The van der Waals surface area contributed by atoms with Gasteiger partial charge >= 0.3 is 5.97 Å². The van der Waals surface area contributed by atoms with Gasteiger partial charge in [-0.3, -0.25) is 9.59 Å². The summed E-state index contributed by atoms with van der Waals surface area (Å²) in [5.41, 5.74) is -0.280. The van der Waals surface area contributed by atoms with Crippen molar-refractivity contribution < 1.29 is 62.8 Å². The van der Waals surface area contributed by atoms with Gasteiger partial charge in [-0.2, -0.15) is 0 Å². The zero-order valence-corrected chi connectivity index (χ0v) is 38.7. The van der Waals surface area contributed by atoms with Gasteiger partial charge in [-0.25, -0.2) is 0 Å². The fourth-order valence-corrected chi connectivity index (χ4v) is 11.6. The lowest BCUT2D eigenvalue weighted by Gasteiger charge is -2.54. The molecule has 344 valence electrons. The Kier molecular flexibility index (Phi) is 14.5. The number of aliphatic hydroxyl groups is 2. The zero-order valence-electron chi connectivity index (χ0n) is 38.7. The van der Waals surface area contributed by atoms with Crippen LogP contribution < -0.4 is 0 Å². The Morgan fingerprint density at radius 2 is 1.58 bits per heavy atom. The molecule has 6 aliphatic rings. The Bertz CT molecular complexity index is 1550. The minimum atomic E-state index is -1.26. The highest BCUT2D eigenvalue weighted by atomic mass is 16.8. The van der Waals surface area contributed by atoms with Crippen LogP contribution in [0.1, 0.15) is 141 Å². The fraction of sp³-hybridized carbons (Fsp3) is 0.915. The van der Waals surface area contributed by atoms with Gasteiger partial charge in [0.2, 0.25) is 0 Å². The maximum Gasteiger partial charge on any atom is 0.306 e. The molecular weight excluding hydrogens is 773 g/mol. The van der Waals surface area contributed by atoms with E-state index in [0.717, 1.165) is 12.8 Å². The molecule has 6 rings (SSSR count). The summed E-state index contributed by atoms with van der Waals surface area (Å²) in [5, 5.41) is 32.2. The Balaban J connectivity index is 1.24. The summed E-state index contributed by atoms with van der Waals surface area (Å²) in [6, 6.07) is 0. The molecule has 6 heterocycles. The summed E-state index contributed by atoms with van der Waals surface area (Å²) in [5.74, 6) is -5.99. The maximum absolute atomic E-state index is 13.4. The first-order chi connectivity index (χ1) is 27.9. The van der Waals surface area contributed by atoms with Gasteiger partial charge in [-0.1, -0.05) is 61.5 Å². The molecular formula is C47H78O13. The highest BCUT2D eigenvalue weighted by Crippen LogP contribution is 2.56. The molecule has 0 aromatic carbocycles. The van der Waals surface area contributed by atoms with Crippen molar-refractivity contribution in [2.75, 3.05) is 7.11 Å². The lowest BCUT2D eigenvalue weighted by Crippen LogP contribution is -2.63. The number of ketones is 1. The number of carboxylic acid groups (broad SMARTS) is 1. The molecule has 0 amide bonds. The largest absolute Gasteiger partial charge is 0.481 e. The third kappa shape index (κ3) is 9.47. The van der Waals surface area contributed by atoms with Crippen molar-refractivity contribution >= 4 is 11.8 Å². The maximum atomic E-state index is 13.4. The molecule has 0 saturated carbocycles. The SMILES string of the molecule is CO[C@@H]1CC[C@@H](O[C@@H]2C[C@@H]([C@@]3(C)CC[C@@]4(C[C@H](O)[C@H](C)[C@@H]([C@H](C)/C=C(\C)C(=O)[C@@H](C)C[C@@H](C)C(=O)O)O4)O3)O[C@]3(O[C@H]([C@@H]4O[C@](C)(O)[C@@H](C)C[C@H]4C)C[C@H]3C)[C@@H]2C)O[C@H]1C. The van der Waals surface area contributed by atoms with Gasteiger partial charge in [-0.15, -0.1) is 0 Å². The average molecular weight is 851 g/mol. The Labute approximate surface area is 358 Å². The lowest BCUT2D eigenvalue weighted by atomic mass is 9.76. The third-order valence-corrected chi connectivity index (χ3v) is 15.8. The minimum Gasteiger partial charge on any atom is -0.481 e. The Hall–Kier alpha value is -1.52. The second-order valence-electron chi connectivity index (χ2n) is 20.7. The Morgan fingerprint density at radius 1 is 0.883 bits per heavy atom. The smallest absolute Gasteiger partial charge is 0.306 e.